The lowest BCUT2D eigenvalue weighted by Crippen LogP contribution is -2.09. The third kappa shape index (κ3) is 8.13. The fourth-order valence-electron chi connectivity index (χ4n) is 3.83. The first-order valence-electron chi connectivity index (χ1n) is 14.1. The van der Waals surface area contributed by atoms with Gasteiger partial charge in [0.15, 0.2) is 12.2 Å². The molecule has 0 fully saturated rings. The van der Waals surface area contributed by atoms with E-state index in [1.54, 1.807) is 24.3 Å². The molecule has 230 valence electrons. The van der Waals surface area contributed by atoms with Crippen LogP contribution in [0.5, 0.6) is 23.0 Å². The normalized spacial score (nSPS) is 12.7. The van der Waals surface area contributed by atoms with Crippen molar-refractivity contribution in [3.8, 4) is 35.2 Å². The lowest BCUT2D eigenvalue weighted by atomic mass is 10.3. The van der Waals surface area contributed by atoms with Gasteiger partial charge in [-0.2, -0.15) is 0 Å². The molecular weight excluding hydrogens is 601 g/mol. The highest BCUT2D eigenvalue weighted by Gasteiger charge is 2.19. The first-order chi connectivity index (χ1) is 21.0. The summed E-state index contributed by atoms with van der Waals surface area (Å²) in [5.41, 5.74) is 0. The summed E-state index contributed by atoms with van der Waals surface area (Å²) in [4.78, 5) is 0.517. The Labute approximate surface area is 259 Å². The minimum Gasteiger partial charge on any atom is -0.491 e. The van der Waals surface area contributed by atoms with Gasteiger partial charge in [0, 0.05) is 0 Å². The van der Waals surface area contributed by atoms with E-state index in [9.17, 15) is 16.8 Å². The molecule has 0 saturated carbocycles. The van der Waals surface area contributed by atoms with Crippen molar-refractivity contribution < 1.29 is 35.8 Å². The standard InChI is InChI=1S/C34H34O8S2/c1-5-25(3)41-29-11-19-33(20-12-29)43(35,36)31-15-7-27(8-16-31)39-23-24-40-28-9-17-32(18-10-28)44(37,38)34-21-13-30(14-22-34)42-26(4)6-2/h7-22,25-26H,5-6H2,1-4H3. The quantitative estimate of drug-likeness (QED) is 0.152. The van der Waals surface area contributed by atoms with Gasteiger partial charge in [0.2, 0.25) is 19.7 Å². The van der Waals surface area contributed by atoms with Gasteiger partial charge in [0.1, 0.15) is 23.0 Å². The Morgan fingerprint density at radius 3 is 0.977 bits per heavy atom. The largest absolute Gasteiger partial charge is 0.491 e. The van der Waals surface area contributed by atoms with Gasteiger partial charge in [-0.05, 0) is 124 Å². The number of sulfone groups is 2. The summed E-state index contributed by atoms with van der Waals surface area (Å²) in [6.07, 6.45) is 6.55. The molecule has 0 saturated heterocycles. The van der Waals surface area contributed by atoms with Crippen molar-refractivity contribution in [2.24, 2.45) is 0 Å². The molecule has 0 spiro atoms. The van der Waals surface area contributed by atoms with Gasteiger partial charge in [0.25, 0.3) is 0 Å². The predicted octanol–water partition coefficient (Wildman–Crippen LogP) is 7.08. The molecule has 0 aliphatic carbocycles. The summed E-state index contributed by atoms with van der Waals surface area (Å²) in [7, 11) is -7.45. The number of benzene rings is 4. The molecule has 4 aromatic rings. The Morgan fingerprint density at radius 2 is 0.727 bits per heavy atom. The zero-order chi connectivity index (χ0) is 31.7. The Bertz CT molecular complexity index is 1670. The van der Waals surface area contributed by atoms with E-state index in [4.69, 9.17) is 18.9 Å². The summed E-state index contributed by atoms with van der Waals surface area (Å²) in [6.45, 7) is 7.92. The third-order valence-electron chi connectivity index (χ3n) is 6.74. The van der Waals surface area contributed by atoms with Crippen LogP contribution in [-0.2, 0) is 19.7 Å². The molecule has 44 heavy (non-hydrogen) atoms. The smallest absolute Gasteiger partial charge is 0.206 e. The minimum absolute atomic E-state index is 0.0347. The molecule has 0 aliphatic rings. The maximum absolute atomic E-state index is 13.0. The highest BCUT2D eigenvalue weighted by atomic mass is 32.2. The van der Waals surface area contributed by atoms with Gasteiger partial charge in [-0.25, -0.2) is 16.8 Å². The second-order valence-corrected chi connectivity index (χ2v) is 13.9. The second-order valence-electron chi connectivity index (χ2n) is 9.97. The zero-order valence-electron chi connectivity index (χ0n) is 24.9. The lowest BCUT2D eigenvalue weighted by Gasteiger charge is -2.13. The predicted molar refractivity (Wildman–Crippen MR) is 166 cm³/mol. The maximum atomic E-state index is 13.0. The van der Waals surface area contributed by atoms with Crippen LogP contribution in [0.4, 0.5) is 0 Å². The first kappa shape index (κ1) is 32.5. The molecule has 8 nitrogen and oxygen atoms in total. The van der Waals surface area contributed by atoms with Crippen LogP contribution in [0.3, 0.4) is 0 Å². The molecule has 0 radical (unpaired) electrons. The number of ether oxygens (including phenoxy) is 4. The van der Waals surface area contributed by atoms with Gasteiger partial charge in [-0.15, -0.1) is 0 Å². The lowest BCUT2D eigenvalue weighted by molar-refractivity contribution is 0.217. The molecule has 0 amide bonds. The monoisotopic (exact) mass is 634 g/mol. The summed E-state index contributed by atoms with van der Waals surface area (Å²) < 4.78 is 74.1. The third-order valence-corrected chi connectivity index (χ3v) is 10.3. The molecule has 2 atom stereocenters. The van der Waals surface area contributed by atoms with Crippen molar-refractivity contribution in [3.05, 3.63) is 97.1 Å². The van der Waals surface area contributed by atoms with E-state index in [0.717, 1.165) is 12.8 Å². The maximum Gasteiger partial charge on any atom is 0.206 e. The molecule has 4 rings (SSSR count). The minimum atomic E-state index is -3.73. The fraction of sp³-hybridized carbons (Fsp3) is 0.235. The van der Waals surface area contributed by atoms with Crippen molar-refractivity contribution in [1.29, 1.82) is 0 Å². The number of hydrogen-bond acceptors (Lipinski definition) is 8. The first-order valence-corrected chi connectivity index (χ1v) is 17.1. The molecule has 10 heteroatoms. The van der Waals surface area contributed by atoms with Crippen LogP contribution in [0.2, 0.25) is 0 Å². The van der Waals surface area contributed by atoms with Gasteiger partial charge >= 0.3 is 0 Å². The van der Waals surface area contributed by atoms with Crippen LogP contribution < -0.4 is 18.9 Å². The van der Waals surface area contributed by atoms with Gasteiger partial charge in [-0.1, -0.05) is 13.8 Å². The molecule has 2 unspecified atom stereocenters. The van der Waals surface area contributed by atoms with Gasteiger partial charge < -0.3 is 18.9 Å². The van der Waals surface area contributed by atoms with E-state index >= 15 is 0 Å². The Morgan fingerprint density at radius 1 is 0.477 bits per heavy atom. The molecular formula is C34H34O8S2. The van der Waals surface area contributed by atoms with E-state index in [1.807, 2.05) is 27.7 Å². The van der Waals surface area contributed by atoms with E-state index < -0.39 is 19.7 Å². The summed E-state index contributed by atoms with van der Waals surface area (Å²) >= 11 is 0. The van der Waals surface area contributed by atoms with Gasteiger partial charge in [-0.3, -0.25) is 0 Å². The molecule has 0 bridgehead atoms. The van der Waals surface area contributed by atoms with E-state index in [0.29, 0.717) is 23.0 Å². The van der Waals surface area contributed by atoms with Crippen LogP contribution in [0.15, 0.2) is 117 Å². The van der Waals surface area contributed by atoms with Crippen LogP contribution in [0, 0.1) is 12.2 Å². The van der Waals surface area contributed by atoms with Crippen molar-refractivity contribution in [3.63, 3.8) is 0 Å². The Balaban J connectivity index is 1.33. The van der Waals surface area contributed by atoms with E-state index in [2.05, 4.69) is 12.2 Å². The Kier molecular flexibility index (Phi) is 10.6. The van der Waals surface area contributed by atoms with Crippen LogP contribution in [0.25, 0.3) is 0 Å². The van der Waals surface area contributed by atoms with E-state index in [1.165, 1.54) is 72.8 Å². The van der Waals surface area contributed by atoms with E-state index in [-0.39, 0.29) is 31.8 Å². The number of rotatable bonds is 12. The molecule has 0 aliphatic heterocycles. The average molecular weight is 635 g/mol. The Hall–Kier alpha value is -4.46. The second kappa shape index (κ2) is 14.3. The summed E-state index contributed by atoms with van der Waals surface area (Å²) in [5, 5.41) is 0. The van der Waals surface area contributed by atoms with Crippen LogP contribution in [0.1, 0.15) is 40.5 Å². The number of hydrogen-bond donors (Lipinski definition) is 0. The van der Waals surface area contributed by atoms with Crippen molar-refractivity contribution in [1.82, 2.24) is 0 Å². The molecule has 0 heterocycles. The topological polar surface area (TPSA) is 105 Å². The van der Waals surface area contributed by atoms with Crippen molar-refractivity contribution in [2.75, 3.05) is 0 Å². The average Bonchev–Trinajstić information content (AvgIpc) is 3.04. The fourth-order valence-corrected chi connectivity index (χ4v) is 6.35. The molecule has 0 N–H and O–H groups in total. The summed E-state index contributed by atoms with van der Waals surface area (Å²) in [5.74, 6) is 1.86. The highest BCUT2D eigenvalue weighted by molar-refractivity contribution is 7.91. The zero-order valence-corrected chi connectivity index (χ0v) is 26.5. The highest BCUT2D eigenvalue weighted by Crippen LogP contribution is 2.27. The molecule has 0 aromatic heterocycles. The van der Waals surface area contributed by atoms with Crippen LogP contribution in [-0.4, -0.2) is 29.0 Å². The van der Waals surface area contributed by atoms with Crippen molar-refractivity contribution in [2.45, 2.75) is 72.3 Å². The van der Waals surface area contributed by atoms with Crippen molar-refractivity contribution >= 4 is 19.7 Å². The van der Waals surface area contributed by atoms with Crippen LogP contribution >= 0.6 is 0 Å². The molecule has 4 aromatic carbocycles. The van der Waals surface area contributed by atoms with Gasteiger partial charge in [0.05, 0.1) is 31.8 Å². The summed E-state index contributed by atoms with van der Waals surface area (Å²) in [6, 6.07) is 24.3. The SMILES string of the molecule is CCC(C)Oc1ccc(S(=O)(=O)c2ccc(OC#COc3ccc(S(=O)(=O)c4ccc(OC(C)CC)cc4)cc3)cc2)cc1.